The monoisotopic (exact) mass is 513 g/mol. The minimum absolute atomic E-state index is 0.323. The highest BCUT2D eigenvalue weighted by atomic mass is 32.2. The predicted molar refractivity (Wildman–Crippen MR) is 120 cm³/mol. The van der Waals surface area contributed by atoms with Crippen LogP contribution in [-0.2, 0) is 25.9 Å². The van der Waals surface area contributed by atoms with Crippen molar-refractivity contribution >= 4 is 38.4 Å². The largest absolute Gasteiger partial charge is 0.379 e. The minimum Gasteiger partial charge on any atom is -0.379 e. The third-order valence-corrected chi connectivity index (χ3v) is 7.53. The molecule has 0 bridgehead atoms. The first kappa shape index (κ1) is 27.4. The molecule has 0 radical (unpaired) electrons. The van der Waals surface area contributed by atoms with Crippen molar-refractivity contribution in [2.75, 3.05) is 22.3 Å². The quantitative estimate of drug-likeness (QED) is 0.278. The van der Waals surface area contributed by atoms with Crippen molar-refractivity contribution in [3.63, 3.8) is 0 Å². The number of carbonyl (C=O) groups excluding carboxylic acids is 1. The minimum atomic E-state index is -4.64. The number of nitrogens with one attached hydrogen (secondary N) is 3. The van der Waals surface area contributed by atoms with E-state index >= 15 is 4.39 Å². The van der Waals surface area contributed by atoms with Gasteiger partial charge in [0.15, 0.2) is 27.3 Å². The van der Waals surface area contributed by atoms with Gasteiger partial charge in [-0.25, -0.2) is 25.8 Å². The Morgan fingerprint density at radius 3 is 2.21 bits per heavy atom. The second kappa shape index (κ2) is 12.6. The first-order valence-electron chi connectivity index (χ1n) is 10.9. The van der Waals surface area contributed by atoms with E-state index in [0.29, 0.717) is 25.8 Å². The fourth-order valence-corrected chi connectivity index (χ4v) is 5.56. The highest BCUT2D eigenvalue weighted by molar-refractivity contribution is 7.91. The molecular weight excluding hydrogens is 483 g/mol. The van der Waals surface area contributed by atoms with Crippen LogP contribution in [-0.4, -0.2) is 41.4 Å². The van der Waals surface area contributed by atoms with Crippen molar-refractivity contribution in [3.05, 3.63) is 17.5 Å². The Bertz CT molecular complexity index is 968. The zero-order chi connectivity index (χ0) is 24.6. The van der Waals surface area contributed by atoms with Gasteiger partial charge in [-0.15, -0.1) is 0 Å². The Kier molecular flexibility index (Phi) is 10.4. The van der Waals surface area contributed by atoms with E-state index in [4.69, 9.17) is 4.55 Å². The summed E-state index contributed by atoms with van der Waals surface area (Å²) in [6.45, 7) is 2.13. The average Bonchev–Trinajstić information content (AvgIpc) is 2.73. The molecule has 33 heavy (non-hydrogen) atoms. The predicted octanol–water partition coefficient (Wildman–Crippen LogP) is 3.87. The molecule has 8 nitrogen and oxygen atoms in total. The Labute approximate surface area is 194 Å². The average molecular weight is 514 g/mol. The van der Waals surface area contributed by atoms with Gasteiger partial charge < -0.3 is 10.6 Å². The fourth-order valence-electron chi connectivity index (χ4n) is 3.72. The van der Waals surface area contributed by atoms with Gasteiger partial charge >= 0.3 is 0 Å². The Hall–Kier alpha value is -1.86. The van der Waals surface area contributed by atoms with E-state index in [1.165, 1.54) is 0 Å². The van der Waals surface area contributed by atoms with E-state index < -0.39 is 78.9 Å². The molecule has 1 fully saturated rings. The molecule has 0 spiro atoms. The smallest absolute Gasteiger partial charge is 0.259 e. The molecule has 1 aromatic carbocycles. The van der Waals surface area contributed by atoms with Gasteiger partial charge in [0.05, 0.1) is 11.4 Å². The number of hydrogen-bond donors (Lipinski definition) is 4. The second-order valence-electron chi connectivity index (χ2n) is 7.98. The highest BCUT2D eigenvalue weighted by Gasteiger charge is 2.34. The second-order valence-corrected chi connectivity index (χ2v) is 10.7. The van der Waals surface area contributed by atoms with E-state index in [1.54, 1.807) is 11.6 Å². The Morgan fingerprint density at radius 2 is 1.64 bits per heavy atom. The number of halogens is 3. The number of amides is 1. The van der Waals surface area contributed by atoms with Crippen LogP contribution in [0.25, 0.3) is 0 Å². The fraction of sp³-hybridized carbons (Fsp3) is 0.650. The third-order valence-electron chi connectivity index (χ3n) is 5.40. The van der Waals surface area contributed by atoms with Crippen molar-refractivity contribution < 1.29 is 35.1 Å². The summed E-state index contributed by atoms with van der Waals surface area (Å²) in [7, 11) is -4.64. The van der Waals surface area contributed by atoms with E-state index in [-0.39, 0.29) is 0 Å². The Balaban J connectivity index is 2.50. The molecule has 1 atom stereocenters. The summed E-state index contributed by atoms with van der Waals surface area (Å²) in [5, 5.41) is 5.20. The van der Waals surface area contributed by atoms with Crippen LogP contribution in [0.15, 0.2) is 4.90 Å². The maximum Gasteiger partial charge on any atom is 0.259 e. The zero-order valence-corrected chi connectivity index (χ0v) is 20.0. The topological polar surface area (TPSA) is 125 Å². The lowest BCUT2D eigenvalue weighted by molar-refractivity contribution is -0.120. The van der Waals surface area contributed by atoms with Gasteiger partial charge in [0, 0.05) is 19.0 Å². The van der Waals surface area contributed by atoms with Crippen molar-refractivity contribution in [1.29, 1.82) is 0 Å². The van der Waals surface area contributed by atoms with Gasteiger partial charge in [-0.3, -0.25) is 14.1 Å². The number of carbonyl (C=O) groups is 1. The summed E-state index contributed by atoms with van der Waals surface area (Å²) in [6.07, 6.45) is 5.72. The summed E-state index contributed by atoms with van der Waals surface area (Å²) in [4.78, 5) is 10.6. The molecule has 1 aromatic rings. The van der Waals surface area contributed by atoms with Crippen LogP contribution in [0, 0.1) is 17.5 Å². The van der Waals surface area contributed by atoms with Crippen LogP contribution in [0.4, 0.5) is 24.5 Å². The van der Waals surface area contributed by atoms with E-state index in [1.807, 2.05) is 0 Å². The molecule has 188 valence electrons. The molecule has 1 saturated carbocycles. The van der Waals surface area contributed by atoms with Gasteiger partial charge in [0.1, 0.15) is 10.6 Å². The number of hydrogen-bond acceptors (Lipinski definition) is 5. The van der Waals surface area contributed by atoms with Crippen LogP contribution in [0.3, 0.4) is 0 Å². The van der Waals surface area contributed by atoms with E-state index in [0.717, 1.165) is 32.1 Å². The summed E-state index contributed by atoms with van der Waals surface area (Å²) in [6, 6.07) is -0.404. The molecule has 1 aliphatic rings. The SMILES string of the molecule is CCCNC(=O)CCS(=O)(=O)c1c(F)c(F)c(NS(=O)O)c(F)c1NC1CCCCCCC1. The molecule has 0 aliphatic heterocycles. The molecule has 1 unspecified atom stereocenters. The van der Waals surface area contributed by atoms with Gasteiger partial charge in [0.25, 0.3) is 11.3 Å². The van der Waals surface area contributed by atoms with Crippen LogP contribution < -0.4 is 15.4 Å². The van der Waals surface area contributed by atoms with E-state index in [2.05, 4.69) is 10.6 Å². The molecule has 1 amide bonds. The van der Waals surface area contributed by atoms with Crippen LogP contribution in [0.1, 0.15) is 64.7 Å². The number of benzene rings is 1. The molecular formula is C20H30F3N3O5S2. The molecule has 0 heterocycles. The van der Waals surface area contributed by atoms with Crippen LogP contribution in [0.5, 0.6) is 0 Å². The number of anilines is 2. The maximum absolute atomic E-state index is 15.2. The van der Waals surface area contributed by atoms with Gasteiger partial charge in [0.2, 0.25) is 5.91 Å². The lowest BCUT2D eigenvalue weighted by Gasteiger charge is -2.25. The summed E-state index contributed by atoms with van der Waals surface area (Å²) < 4.78 is 92.3. The van der Waals surface area contributed by atoms with Crippen LogP contribution >= 0.6 is 0 Å². The van der Waals surface area contributed by atoms with Gasteiger partial charge in [-0.2, -0.15) is 0 Å². The standard InChI is InChI=1S/C20H30F3N3O5S2/c1-2-11-24-14(27)10-12-33(30,31)20-16(22)15(21)18(26-32(28)29)17(23)19(20)25-13-8-6-4-3-5-7-9-13/h13,25-26H,2-12H2,1H3,(H,24,27)(H,28,29). The normalized spacial score (nSPS) is 16.5. The molecule has 0 saturated heterocycles. The van der Waals surface area contributed by atoms with Crippen molar-refractivity contribution in [3.8, 4) is 0 Å². The third kappa shape index (κ3) is 7.57. The van der Waals surface area contributed by atoms with E-state index in [9.17, 15) is 26.2 Å². The Morgan fingerprint density at radius 1 is 1.03 bits per heavy atom. The lowest BCUT2D eigenvalue weighted by Crippen LogP contribution is -2.28. The molecule has 13 heteroatoms. The lowest BCUT2D eigenvalue weighted by atomic mass is 9.96. The first-order chi connectivity index (χ1) is 15.6. The maximum atomic E-state index is 15.2. The van der Waals surface area contributed by atoms with Gasteiger partial charge in [-0.05, 0) is 19.3 Å². The number of rotatable bonds is 10. The molecule has 1 aliphatic carbocycles. The highest BCUT2D eigenvalue weighted by Crippen LogP contribution is 2.38. The van der Waals surface area contributed by atoms with Crippen molar-refractivity contribution in [2.24, 2.45) is 0 Å². The van der Waals surface area contributed by atoms with Gasteiger partial charge in [-0.1, -0.05) is 39.0 Å². The molecule has 4 N–H and O–H groups in total. The summed E-state index contributed by atoms with van der Waals surface area (Å²) in [5.74, 6) is -6.80. The summed E-state index contributed by atoms with van der Waals surface area (Å²) >= 11 is -2.93. The summed E-state index contributed by atoms with van der Waals surface area (Å²) in [5.41, 5.74) is -2.05. The zero-order valence-electron chi connectivity index (χ0n) is 18.4. The molecule has 0 aromatic heterocycles. The number of sulfone groups is 1. The van der Waals surface area contributed by atoms with Crippen LogP contribution in [0.2, 0.25) is 0 Å². The molecule has 2 rings (SSSR count). The van der Waals surface area contributed by atoms with Crippen molar-refractivity contribution in [1.82, 2.24) is 5.32 Å². The first-order valence-corrected chi connectivity index (χ1v) is 13.7. The van der Waals surface area contributed by atoms with Crippen molar-refractivity contribution in [2.45, 2.75) is 75.6 Å².